The molecule has 0 radical (unpaired) electrons. The molecule has 1 aromatic rings. The zero-order valence-electron chi connectivity index (χ0n) is 11.9. The monoisotopic (exact) mass is 261 g/mol. The number of rotatable bonds is 8. The van der Waals surface area contributed by atoms with Crippen LogP contribution in [0.5, 0.6) is 11.5 Å². The molecule has 0 aliphatic heterocycles. The number of ether oxygens (including phenoxy) is 2. The van der Waals surface area contributed by atoms with Gasteiger partial charge in [-0.15, -0.1) is 0 Å². The summed E-state index contributed by atoms with van der Waals surface area (Å²) in [6, 6.07) is 6.64. The molecule has 1 aromatic carbocycles. The van der Waals surface area contributed by atoms with Crippen LogP contribution in [0.4, 0.5) is 0 Å². The van der Waals surface area contributed by atoms with E-state index in [2.05, 4.69) is 18.8 Å². The van der Waals surface area contributed by atoms with E-state index in [9.17, 15) is 0 Å². The van der Waals surface area contributed by atoms with E-state index in [1.165, 1.54) is 12.8 Å². The lowest BCUT2D eigenvalue weighted by Gasteiger charge is -2.14. The second-order valence-corrected chi connectivity index (χ2v) is 5.02. The first-order chi connectivity index (χ1) is 9.22. The van der Waals surface area contributed by atoms with E-state index in [1.807, 2.05) is 18.2 Å². The second-order valence-electron chi connectivity index (χ2n) is 5.02. The Balaban J connectivity index is 2.03. The van der Waals surface area contributed by atoms with Crippen molar-refractivity contribution in [1.82, 2.24) is 5.32 Å². The van der Waals surface area contributed by atoms with Gasteiger partial charge >= 0.3 is 0 Å². The standard InChI is InChI=1S/C16H23NO2/c1-4-12(2)11-19-16-8-7-15(18-3)9-13(16)10-17-14-5-6-14/h7-9,14,17H,2,4-6,10-11H2,1,3H3. The maximum atomic E-state index is 5.85. The molecular formula is C16H23NO2. The van der Waals surface area contributed by atoms with E-state index in [4.69, 9.17) is 9.47 Å². The molecule has 104 valence electrons. The number of hydrogen-bond acceptors (Lipinski definition) is 3. The summed E-state index contributed by atoms with van der Waals surface area (Å²) in [6.45, 7) is 7.47. The van der Waals surface area contributed by atoms with Crippen LogP contribution >= 0.6 is 0 Å². The van der Waals surface area contributed by atoms with Gasteiger partial charge in [0.1, 0.15) is 18.1 Å². The third-order valence-corrected chi connectivity index (χ3v) is 3.36. The summed E-state index contributed by atoms with van der Waals surface area (Å²) in [5, 5.41) is 3.51. The molecular weight excluding hydrogens is 238 g/mol. The first-order valence-corrected chi connectivity index (χ1v) is 6.92. The lowest BCUT2D eigenvalue weighted by molar-refractivity contribution is 0.342. The molecule has 19 heavy (non-hydrogen) atoms. The highest BCUT2D eigenvalue weighted by molar-refractivity contribution is 5.40. The SMILES string of the molecule is C=C(CC)COc1ccc(OC)cc1CNC1CC1. The minimum absolute atomic E-state index is 0.583. The molecule has 1 aliphatic rings. The number of methoxy groups -OCH3 is 1. The number of benzene rings is 1. The Hall–Kier alpha value is -1.48. The fourth-order valence-electron chi connectivity index (χ4n) is 1.79. The lowest BCUT2D eigenvalue weighted by atomic mass is 10.2. The predicted molar refractivity (Wildman–Crippen MR) is 77.8 cm³/mol. The molecule has 2 rings (SSSR count). The van der Waals surface area contributed by atoms with Crippen molar-refractivity contribution < 1.29 is 9.47 Å². The predicted octanol–water partition coefficient (Wildman–Crippen LogP) is 3.29. The summed E-state index contributed by atoms with van der Waals surface area (Å²) in [6.07, 6.45) is 3.52. The van der Waals surface area contributed by atoms with E-state index in [-0.39, 0.29) is 0 Å². The molecule has 1 N–H and O–H groups in total. The van der Waals surface area contributed by atoms with Crippen molar-refractivity contribution in [3.63, 3.8) is 0 Å². The summed E-state index contributed by atoms with van der Waals surface area (Å²) >= 11 is 0. The van der Waals surface area contributed by atoms with Crippen LogP contribution < -0.4 is 14.8 Å². The van der Waals surface area contributed by atoms with Gasteiger partial charge in [0.15, 0.2) is 0 Å². The molecule has 3 heteroatoms. The van der Waals surface area contributed by atoms with Crippen LogP contribution in [-0.2, 0) is 6.54 Å². The van der Waals surface area contributed by atoms with Crippen molar-refractivity contribution in [1.29, 1.82) is 0 Å². The zero-order valence-corrected chi connectivity index (χ0v) is 11.9. The molecule has 3 nitrogen and oxygen atoms in total. The molecule has 0 saturated heterocycles. The topological polar surface area (TPSA) is 30.5 Å². The molecule has 0 unspecified atom stereocenters. The van der Waals surface area contributed by atoms with Crippen molar-refractivity contribution in [3.05, 3.63) is 35.9 Å². The highest BCUT2D eigenvalue weighted by atomic mass is 16.5. The molecule has 0 spiro atoms. The highest BCUT2D eigenvalue weighted by Crippen LogP contribution is 2.26. The Bertz CT molecular complexity index is 438. The first-order valence-electron chi connectivity index (χ1n) is 6.92. The highest BCUT2D eigenvalue weighted by Gasteiger charge is 2.20. The fraction of sp³-hybridized carbons (Fsp3) is 0.500. The minimum atomic E-state index is 0.583. The van der Waals surface area contributed by atoms with E-state index < -0.39 is 0 Å². The van der Waals surface area contributed by atoms with Crippen molar-refractivity contribution in [3.8, 4) is 11.5 Å². The van der Waals surface area contributed by atoms with Gasteiger partial charge in [-0.2, -0.15) is 0 Å². The van der Waals surface area contributed by atoms with E-state index in [0.717, 1.165) is 35.6 Å². The van der Waals surface area contributed by atoms with Gasteiger partial charge < -0.3 is 14.8 Å². The van der Waals surface area contributed by atoms with Gasteiger partial charge in [-0.25, -0.2) is 0 Å². The van der Waals surface area contributed by atoms with Gasteiger partial charge in [0.2, 0.25) is 0 Å². The van der Waals surface area contributed by atoms with E-state index >= 15 is 0 Å². The van der Waals surface area contributed by atoms with Crippen LogP contribution in [0.2, 0.25) is 0 Å². The molecule has 0 atom stereocenters. The Morgan fingerprint density at radius 1 is 1.42 bits per heavy atom. The summed E-state index contributed by atoms with van der Waals surface area (Å²) in [4.78, 5) is 0. The zero-order chi connectivity index (χ0) is 13.7. The van der Waals surface area contributed by atoms with Gasteiger partial charge in [0.05, 0.1) is 7.11 Å². The van der Waals surface area contributed by atoms with Crippen LogP contribution in [0.15, 0.2) is 30.4 Å². The molecule has 1 aliphatic carbocycles. The third kappa shape index (κ3) is 4.28. The first kappa shape index (κ1) is 13.9. The van der Waals surface area contributed by atoms with Crippen LogP contribution in [0.1, 0.15) is 31.7 Å². The molecule has 0 amide bonds. The van der Waals surface area contributed by atoms with Gasteiger partial charge in [-0.05, 0) is 43.0 Å². The van der Waals surface area contributed by atoms with Crippen molar-refractivity contribution >= 4 is 0 Å². The van der Waals surface area contributed by atoms with Crippen molar-refractivity contribution in [2.75, 3.05) is 13.7 Å². The summed E-state index contributed by atoms with van der Waals surface area (Å²) < 4.78 is 11.1. The second kappa shape index (κ2) is 6.62. The smallest absolute Gasteiger partial charge is 0.124 e. The van der Waals surface area contributed by atoms with Gasteiger partial charge in [0, 0.05) is 18.2 Å². The minimum Gasteiger partial charge on any atom is -0.497 e. The van der Waals surface area contributed by atoms with Gasteiger partial charge in [0.25, 0.3) is 0 Å². The third-order valence-electron chi connectivity index (χ3n) is 3.36. The normalized spacial score (nSPS) is 14.2. The summed E-state index contributed by atoms with van der Waals surface area (Å²) in [7, 11) is 1.69. The summed E-state index contributed by atoms with van der Waals surface area (Å²) in [5.41, 5.74) is 2.26. The molecule has 0 heterocycles. The molecule has 1 fully saturated rings. The average molecular weight is 261 g/mol. The quantitative estimate of drug-likeness (QED) is 0.728. The van der Waals surface area contributed by atoms with Crippen molar-refractivity contribution in [2.24, 2.45) is 0 Å². The van der Waals surface area contributed by atoms with Gasteiger partial charge in [-0.3, -0.25) is 0 Å². The molecule has 0 aromatic heterocycles. The largest absolute Gasteiger partial charge is 0.497 e. The van der Waals surface area contributed by atoms with E-state index in [0.29, 0.717) is 12.6 Å². The van der Waals surface area contributed by atoms with Crippen LogP contribution in [0, 0.1) is 0 Å². The average Bonchev–Trinajstić information content (AvgIpc) is 3.26. The Kier molecular flexibility index (Phi) is 4.86. The maximum Gasteiger partial charge on any atom is 0.124 e. The molecule has 0 bridgehead atoms. The van der Waals surface area contributed by atoms with Gasteiger partial charge in [-0.1, -0.05) is 13.5 Å². The maximum absolute atomic E-state index is 5.85. The van der Waals surface area contributed by atoms with Crippen LogP contribution in [-0.4, -0.2) is 19.8 Å². The van der Waals surface area contributed by atoms with Crippen molar-refractivity contribution in [2.45, 2.75) is 38.8 Å². The van der Waals surface area contributed by atoms with E-state index in [1.54, 1.807) is 7.11 Å². The summed E-state index contributed by atoms with van der Waals surface area (Å²) in [5.74, 6) is 1.79. The lowest BCUT2D eigenvalue weighted by Crippen LogP contribution is -2.16. The Labute approximate surface area is 115 Å². The number of hydrogen-bond donors (Lipinski definition) is 1. The van der Waals surface area contributed by atoms with Crippen LogP contribution in [0.25, 0.3) is 0 Å². The molecule has 1 saturated carbocycles. The Morgan fingerprint density at radius 3 is 2.84 bits per heavy atom. The fourth-order valence-corrected chi connectivity index (χ4v) is 1.79. The van der Waals surface area contributed by atoms with Crippen LogP contribution in [0.3, 0.4) is 0 Å². The Morgan fingerprint density at radius 2 is 2.21 bits per heavy atom. The number of nitrogens with one attached hydrogen (secondary N) is 1.